The van der Waals surface area contributed by atoms with Gasteiger partial charge in [-0.2, -0.15) is 0 Å². The zero-order chi connectivity index (χ0) is 15.9. The first-order valence-corrected chi connectivity index (χ1v) is 7.90. The van der Waals surface area contributed by atoms with Crippen LogP contribution in [-0.4, -0.2) is 41.1 Å². The standard InChI is InChI=1S/C16H16Cl2N2O2/c1-9-7-20(8-10(2)22-9)16(21)14-11-4-3-5-19-15(11)13(18)6-12(14)17/h3-6,9-10H,7-8H2,1-2H3. The number of rotatable bonds is 1. The van der Waals surface area contributed by atoms with Crippen molar-refractivity contribution in [3.8, 4) is 0 Å². The second-order valence-corrected chi connectivity index (χ2v) is 6.40. The number of benzene rings is 1. The molecule has 6 heteroatoms. The van der Waals surface area contributed by atoms with Crippen molar-refractivity contribution in [3.63, 3.8) is 0 Å². The van der Waals surface area contributed by atoms with E-state index < -0.39 is 0 Å². The summed E-state index contributed by atoms with van der Waals surface area (Å²) in [7, 11) is 0. The van der Waals surface area contributed by atoms with Gasteiger partial charge in [0, 0.05) is 24.7 Å². The maximum atomic E-state index is 13.0. The molecule has 0 radical (unpaired) electrons. The minimum atomic E-state index is -0.110. The summed E-state index contributed by atoms with van der Waals surface area (Å²) in [6, 6.07) is 5.18. The predicted molar refractivity (Wildman–Crippen MR) is 87.7 cm³/mol. The van der Waals surface area contributed by atoms with E-state index in [9.17, 15) is 4.79 Å². The Bertz CT molecular complexity index is 725. The highest BCUT2D eigenvalue weighted by molar-refractivity contribution is 6.41. The molecule has 4 nitrogen and oxygen atoms in total. The number of carbonyl (C=O) groups is 1. The minimum absolute atomic E-state index is 0.00293. The average Bonchev–Trinajstić information content (AvgIpc) is 2.46. The highest BCUT2D eigenvalue weighted by Gasteiger charge is 2.29. The third-order valence-electron chi connectivity index (χ3n) is 3.72. The Labute approximate surface area is 139 Å². The Balaban J connectivity index is 2.08. The van der Waals surface area contributed by atoms with E-state index >= 15 is 0 Å². The molecule has 1 aliphatic rings. The molecule has 0 saturated carbocycles. The van der Waals surface area contributed by atoms with Crippen LogP contribution in [0.1, 0.15) is 24.2 Å². The van der Waals surface area contributed by atoms with E-state index in [2.05, 4.69) is 4.98 Å². The quantitative estimate of drug-likeness (QED) is 0.794. The molecule has 0 bridgehead atoms. The minimum Gasteiger partial charge on any atom is -0.372 e. The molecule has 116 valence electrons. The first kappa shape index (κ1) is 15.5. The van der Waals surface area contributed by atoms with Crippen LogP contribution in [0.15, 0.2) is 24.4 Å². The van der Waals surface area contributed by atoms with Crippen LogP contribution in [0, 0.1) is 0 Å². The molecule has 1 saturated heterocycles. The third-order valence-corrected chi connectivity index (χ3v) is 4.30. The monoisotopic (exact) mass is 338 g/mol. The van der Waals surface area contributed by atoms with Crippen molar-refractivity contribution in [2.45, 2.75) is 26.1 Å². The van der Waals surface area contributed by atoms with Gasteiger partial charge in [-0.3, -0.25) is 9.78 Å². The molecule has 2 atom stereocenters. The van der Waals surface area contributed by atoms with Crippen molar-refractivity contribution >= 4 is 40.0 Å². The number of amides is 1. The van der Waals surface area contributed by atoms with Gasteiger partial charge in [0.15, 0.2) is 0 Å². The highest BCUT2D eigenvalue weighted by Crippen LogP contribution is 2.32. The van der Waals surface area contributed by atoms with Crippen LogP contribution in [0.2, 0.25) is 10.0 Å². The summed E-state index contributed by atoms with van der Waals surface area (Å²) in [5, 5.41) is 1.47. The van der Waals surface area contributed by atoms with Gasteiger partial charge in [-0.15, -0.1) is 0 Å². The van der Waals surface area contributed by atoms with Crippen molar-refractivity contribution in [3.05, 3.63) is 40.0 Å². The second-order valence-electron chi connectivity index (χ2n) is 5.58. The smallest absolute Gasteiger partial charge is 0.256 e. The average molecular weight is 339 g/mol. The molecule has 0 aliphatic carbocycles. The molecule has 1 aromatic carbocycles. The van der Waals surface area contributed by atoms with Gasteiger partial charge in [-0.05, 0) is 26.0 Å². The summed E-state index contributed by atoms with van der Waals surface area (Å²) in [4.78, 5) is 19.0. The molecule has 0 spiro atoms. The Kier molecular flexibility index (Phi) is 4.26. The lowest BCUT2D eigenvalue weighted by atomic mass is 10.1. The van der Waals surface area contributed by atoms with Gasteiger partial charge in [0.1, 0.15) is 0 Å². The number of hydrogen-bond acceptors (Lipinski definition) is 3. The number of hydrogen-bond donors (Lipinski definition) is 0. The van der Waals surface area contributed by atoms with E-state index in [0.717, 1.165) is 0 Å². The Hall–Kier alpha value is -1.36. The van der Waals surface area contributed by atoms with E-state index in [1.165, 1.54) is 0 Å². The molecule has 1 amide bonds. The zero-order valence-corrected chi connectivity index (χ0v) is 13.9. The fourth-order valence-corrected chi connectivity index (χ4v) is 3.50. The van der Waals surface area contributed by atoms with Crippen molar-refractivity contribution in [1.29, 1.82) is 0 Å². The summed E-state index contributed by atoms with van der Waals surface area (Å²) < 4.78 is 5.68. The molecule has 0 N–H and O–H groups in total. The van der Waals surface area contributed by atoms with Crippen LogP contribution in [0.3, 0.4) is 0 Å². The van der Waals surface area contributed by atoms with Crippen LogP contribution in [-0.2, 0) is 4.74 Å². The molecular formula is C16H16Cl2N2O2. The number of pyridine rings is 1. The fourth-order valence-electron chi connectivity index (χ4n) is 2.90. The molecule has 22 heavy (non-hydrogen) atoms. The van der Waals surface area contributed by atoms with Gasteiger partial charge >= 0.3 is 0 Å². The van der Waals surface area contributed by atoms with E-state index in [0.29, 0.717) is 39.6 Å². The van der Waals surface area contributed by atoms with Gasteiger partial charge in [0.05, 0.1) is 33.3 Å². The lowest BCUT2D eigenvalue weighted by Gasteiger charge is -2.35. The largest absolute Gasteiger partial charge is 0.372 e. The van der Waals surface area contributed by atoms with Gasteiger partial charge in [-0.1, -0.05) is 29.3 Å². The maximum Gasteiger partial charge on any atom is 0.256 e. The van der Waals surface area contributed by atoms with Crippen molar-refractivity contribution in [1.82, 2.24) is 9.88 Å². The van der Waals surface area contributed by atoms with Crippen LogP contribution in [0.25, 0.3) is 10.9 Å². The lowest BCUT2D eigenvalue weighted by molar-refractivity contribution is -0.0585. The number of morpholine rings is 1. The van der Waals surface area contributed by atoms with Crippen molar-refractivity contribution in [2.75, 3.05) is 13.1 Å². The molecular weight excluding hydrogens is 323 g/mol. The van der Waals surface area contributed by atoms with Crippen LogP contribution in [0.4, 0.5) is 0 Å². The van der Waals surface area contributed by atoms with Crippen molar-refractivity contribution < 1.29 is 9.53 Å². The molecule has 2 heterocycles. The molecule has 1 aliphatic heterocycles. The molecule has 1 aromatic heterocycles. The fraction of sp³-hybridized carbons (Fsp3) is 0.375. The summed E-state index contributed by atoms with van der Waals surface area (Å²) in [5.41, 5.74) is 1.04. The first-order valence-electron chi connectivity index (χ1n) is 7.15. The number of aromatic nitrogens is 1. The number of carbonyl (C=O) groups excluding carboxylic acids is 1. The first-order chi connectivity index (χ1) is 10.5. The lowest BCUT2D eigenvalue weighted by Crippen LogP contribution is -2.48. The predicted octanol–water partition coefficient (Wildman–Crippen LogP) is 3.79. The zero-order valence-electron chi connectivity index (χ0n) is 12.3. The second kappa shape index (κ2) is 6.03. The van der Waals surface area contributed by atoms with Gasteiger partial charge in [0.25, 0.3) is 5.91 Å². The Morgan fingerprint density at radius 1 is 1.27 bits per heavy atom. The summed E-state index contributed by atoms with van der Waals surface area (Å²) in [6.07, 6.45) is 1.65. The number of ether oxygens (including phenoxy) is 1. The highest BCUT2D eigenvalue weighted by atomic mass is 35.5. The summed E-state index contributed by atoms with van der Waals surface area (Å²) in [5.74, 6) is -0.110. The SMILES string of the molecule is CC1CN(C(=O)c2c(Cl)cc(Cl)c3ncccc23)CC(C)O1. The Morgan fingerprint density at radius 2 is 1.95 bits per heavy atom. The summed E-state index contributed by atoms with van der Waals surface area (Å²) >= 11 is 12.5. The third kappa shape index (κ3) is 2.78. The Morgan fingerprint density at radius 3 is 2.64 bits per heavy atom. The van der Waals surface area contributed by atoms with E-state index in [4.69, 9.17) is 27.9 Å². The van der Waals surface area contributed by atoms with Crippen LogP contribution < -0.4 is 0 Å². The number of halogens is 2. The van der Waals surface area contributed by atoms with Crippen molar-refractivity contribution in [2.24, 2.45) is 0 Å². The van der Waals surface area contributed by atoms with E-state index in [1.54, 1.807) is 23.2 Å². The van der Waals surface area contributed by atoms with Crippen LogP contribution >= 0.6 is 23.2 Å². The van der Waals surface area contributed by atoms with Crippen LogP contribution in [0.5, 0.6) is 0 Å². The van der Waals surface area contributed by atoms with Gasteiger partial charge in [-0.25, -0.2) is 0 Å². The van der Waals surface area contributed by atoms with Gasteiger partial charge < -0.3 is 9.64 Å². The molecule has 1 fully saturated rings. The number of fused-ring (bicyclic) bond motifs is 1. The van der Waals surface area contributed by atoms with Gasteiger partial charge in [0.2, 0.25) is 0 Å². The van der Waals surface area contributed by atoms with E-state index in [1.807, 2.05) is 19.9 Å². The van der Waals surface area contributed by atoms with E-state index in [-0.39, 0.29) is 18.1 Å². The topological polar surface area (TPSA) is 42.4 Å². The normalized spacial score (nSPS) is 22.1. The molecule has 3 rings (SSSR count). The number of nitrogens with zero attached hydrogens (tertiary/aromatic N) is 2. The molecule has 2 unspecified atom stereocenters. The summed E-state index contributed by atoms with van der Waals surface area (Å²) in [6.45, 7) is 5.01. The maximum absolute atomic E-state index is 13.0. The molecule has 2 aromatic rings.